The van der Waals surface area contributed by atoms with Gasteiger partial charge < -0.3 is 9.67 Å². The molecule has 1 aromatic heterocycles. The number of para-hydroxylation sites is 2. The molecule has 1 heterocycles. The van der Waals surface area contributed by atoms with Crippen LogP contribution >= 0.6 is 0 Å². The molecule has 21 heavy (non-hydrogen) atoms. The van der Waals surface area contributed by atoms with Gasteiger partial charge in [-0.15, -0.1) is 0 Å². The number of imidazole rings is 1. The fourth-order valence-corrected chi connectivity index (χ4v) is 3.70. The van der Waals surface area contributed by atoms with E-state index in [2.05, 4.69) is 11.5 Å². The van der Waals surface area contributed by atoms with E-state index in [0.29, 0.717) is 6.54 Å². The number of hydrogen-bond donors (Lipinski definition) is 1. The zero-order valence-corrected chi connectivity index (χ0v) is 12.5. The van der Waals surface area contributed by atoms with Gasteiger partial charge in [-0.2, -0.15) is 0 Å². The monoisotopic (exact) mass is 286 g/mol. The van der Waals surface area contributed by atoms with Gasteiger partial charge in [0, 0.05) is 12.0 Å². The summed E-state index contributed by atoms with van der Waals surface area (Å²) in [7, 11) is 0. The highest BCUT2D eigenvalue weighted by Gasteiger charge is 2.38. The van der Waals surface area contributed by atoms with Crippen molar-refractivity contribution in [2.75, 3.05) is 0 Å². The molecule has 0 radical (unpaired) electrons. The Morgan fingerprint density at radius 1 is 1.33 bits per heavy atom. The molecule has 0 bridgehead atoms. The average molecular weight is 286 g/mol. The maximum Gasteiger partial charge on any atom is 0.305 e. The molecule has 112 valence electrons. The molecule has 0 atom stereocenters. The van der Waals surface area contributed by atoms with Crippen LogP contribution in [0.4, 0.5) is 0 Å². The first kappa shape index (κ1) is 14.1. The summed E-state index contributed by atoms with van der Waals surface area (Å²) >= 11 is 0. The lowest BCUT2D eigenvalue weighted by molar-refractivity contribution is -0.137. The van der Waals surface area contributed by atoms with Crippen molar-refractivity contribution in [2.24, 2.45) is 0 Å². The molecular weight excluding hydrogens is 264 g/mol. The fourth-order valence-electron chi connectivity index (χ4n) is 3.70. The van der Waals surface area contributed by atoms with E-state index in [0.717, 1.165) is 23.3 Å². The molecule has 1 saturated carbocycles. The number of rotatable bonds is 5. The van der Waals surface area contributed by atoms with Gasteiger partial charge in [0.1, 0.15) is 5.82 Å². The van der Waals surface area contributed by atoms with Gasteiger partial charge in [-0.05, 0) is 31.4 Å². The molecule has 3 rings (SSSR count). The van der Waals surface area contributed by atoms with E-state index in [1.54, 1.807) is 0 Å². The van der Waals surface area contributed by atoms with Gasteiger partial charge in [-0.1, -0.05) is 31.9 Å². The smallest absolute Gasteiger partial charge is 0.305 e. The molecular formula is C17H22N2O2. The Morgan fingerprint density at radius 2 is 2.05 bits per heavy atom. The van der Waals surface area contributed by atoms with Crippen LogP contribution in [0.5, 0.6) is 0 Å². The summed E-state index contributed by atoms with van der Waals surface area (Å²) in [6.07, 6.45) is 6.04. The molecule has 2 aromatic rings. The molecule has 1 fully saturated rings. The van der Waals surface area contributed by atoms with Crippen LogP contribution in [-0.2, 0) is 16.8 Å². The Bertz CT molecular complexity index is 654. The second-order valence-corrected chi connectivity index (χ2v) is 6.06. The third-order valence-electron chi connectivity index (χ3n) is 4.92. The molecule has 0 unspecified atom stereocenters. The zero-order valence-electron chi connectivity index (χ0n) is 12.5. The second kappa shape index (κ2) is 5.51. The molecule has 1 aliphatic carbocycles. The number of aliphatic carboxylic acids is 1. The predicted molar refractivity (Wildman–Crippen MR) is 82.4 cm³/mol. The summed E-state index contributed by atoms with van der Waals surface area (Å²) in [4.78, 5) is 15.9. The van der Waals surface area contributed by atoms with Crippen LogP contribution in [-0.4, -0.2) is 20.6 Å². The van der Waals surface area contributed by atoms with Crippen LogP contribution in [0.2, 0.25) is 0 Å². The average Bonchev–Trinajstić information content (AvgIpc) is 3.10. The highest BCUT2D eigenvalue weighted by molar-refractivity contribution is 5.76. The number of carboxylic acids is 1. The van der Waals surface area contributed by atoms with Crippen LogP contribution in [0.3, 0.4) is 0 Å². The molecule has 0 spiro atoms. The summed E-state index contributed by atoms with van der Waals surface area (Å²) < 4.78 is 2.15. The Kier molecular flexibility index (Phi) is 3.70. The van der Waals surface area contributed by atoms with Gasteiger partial charge in [0.05, 0.1) is 17.5 Å². The maximum atomic E-state index is 11.0. The minimum atomic E-state index is -0.754. The quantitative estimate of drug-likeness (QED) is 0.911. The molecule has 4 nitrogen and oxygen atoms in total. The fraction of sp³-hybridized carbons (Fsp3) is 0.529. The number of carbonyl (C=O) groups is 1. The molecule has 4 heteroatoms. The van der Waals surface area contributed by atoms with Gasteiger partial charge in [0.25, 0.3) is 0 Å². The highest BCUT2D eigenvalue weighted by Crippen LogP contribution is 2.44. The van der Waals surface area contributed by atoms with Crippen molar-refractivity contribution in [3.8, 4) is 0 Å². The summed E-state index contributed by atoms with van der Waals surface area (Å²) in [5, 5.41) is 9.03. The lowest BCUT2D eigenvalue weighted by Crippen LogP contribution is -2.26. The SMILES string of the molecule is CCC1(c2nc3ccccc3n2CCC(=O)O)CCCC1. The Balaban J connectivity index is 2.11. The minimum Gasteiger partial charge on any atom is -0.481 e. The van der Waals surface area contributed by atoms with Crippen molar-refractivity contribution in [2.45, 2.75) is 57.4 Å². The van der Waals surface area contributed by atoms with E-state index in [4.69, 9.17) is 10.1 Å². The molecule has 0 amide bonds. The molecule has 1 N–H and O–H groups in total. The van der Waals surface area contributed by atoms with Gasteiger partial charge >= 0.3 is 5.97 Å². The number of fused-ring (bicyclic) bond motifs is 1. The first-order chi connectivity index (χ1) is 10.2. The van der Waals surface area contributed by atoms with E-state index in [9.17, 15) is 4.79 Å². The van der Waals surface area contributed by atoms with Crippen LogP contribution in [0.25, 0.3) is 11.0 Å². The van der Waals surface area contributed by atoms with E-state index in [1.165, 1.54) is 25.7 Å². The molecule has 0 saturated heterocycles. The minimum absolute atomic E-state index is 0.136. The number of benzene rings is 1. The lowest BCUT2D eigenvalue weighted by Gasteiger charge is -2.27. The van der Waals surface area contributed by atoms with Gasteiger partial charge in [-0.25, -0.2) is 4.98 Å². The Labute approximate surface area is 124 Å². The topological polar surface area (TPSA) is 55.1 Å². The normalized spacial score (nSPS) is 17.4. The molecule has 0 aliphatic heterocycles. The first-order valence-electron chi connectivity index (χ1n) is 7.84. The van der Waals surface area contributed by atoms with E-state index < -0.39 is 5.97 Å². The van der Waals surface area contributed by atoms with Crippen molar-refractivity contribution >= 4 is 17.0 Å². The van der Waals surface area contributed by atoms with Crippen LogP contribution in [0.15, 0.2) is 24.3 Å². The van der Waals surface area contributed by atoms with E-state index in [-0.39, 0.29) is 11.8 Å². The Hall–Kier alpha value is -1.84. The van der Waals surface area contributed by atoms with Crippen molar-refractivity contribution < 1.29 is 9.90 Å². The predicted octanol–water partition coefficient (Wildman–Crippen LogP) is 3.73. The molecule has 1 aromatic carbocycles. The van der Waals surface area contributed by atoms with Crippen LogP contribution < -0.4 is 0 Å². The van der Waals surface area contributed by atoms with Crippen molar-refractivity contribution in [1.82, 2.24) is 9.55 Å². The first-order valence-corrected chi connectivity index (χ1v) is 7.84. The van der Waals surface area contributed by atoms with Gasteiger partial charge in [0.2, 0.25) is 0 Å². The third kappa shape index (κ3) is 2.43. The standard InChI is InChI=1S/C17H22N2O2/c1-2-17(10-5-6-11-17)16-18-13-7-3-4-8-14(13)19(16)12-9-15(20)21/h3-4,7-8H,2,5-6,9-12H2,1H3,(H,20,21). The number of aromatic nitrogens is 2. The summed E-state index contributed by atoms with van der Waals surface area (Å²) in [6.45, 7) is 2.74. The molecule has 1 aliphatic rings. The summed E-state index contributed by atoms with van der Waals surface area (Å²) in [5.41, 5.74) is 2.18. The second-order valence-electron chi connectivity index (χ2n) is 6.06. The lowest BCUT2D eigenvalue weighted by atomic mass is 9.82. The largest absolute Gasteiger partial charge is 0.481 e. The summed E-state index contributed by atoms with van der Waals surface area (Å²) in [5.74, 6) is 0.348. The Morgan fingerprint density at radius 3 is 2.71 bits per heavy atom. The van der Waals surface area contributed by atoms with Crippen LogP contribution in [0, 0.1) is 0 Å². The number of aryl methyl sites for hydroxylation is 1. The van der Waals surface area contributed by atoms with E-state index >= 15 is 0 Å². The number of nitrogens with zero attached hydrogens (tertiary/aromatic N) is 2. The zero-order chi connectivity index (χ0) is 14.9. The van der Waals surface area contributed by atoms with Gasteiger partial charge in [-0.3, -0.25) is 4.79 Å². The van der Waals surface area contributed by atoms with Crippen molar-refractivity contribution in [3.63, 3.8) is 0 Å². The van der Waals surface area contributed by atoms with E-state index in [1.807, 2.05) is 24.3 Å². The maximum absolute atomic E-state index is 11.0. The highest BCUT2D eigenvalue weighted by atomic mass is 16.4. The summed E-state index contributed by atoms with van der Waals surface area (Å²) in [6, 6.07) is 8.06. The van der Waals surface area contributed by atoms with Crippen molar-refractivity contribution in [1.29, 1.82) is 0 Å². The third-order valence-corrected chi connectivity index (χ3v) is 4.92. The van der Waals surface area contributed by atoms with Crippen molar-refractivity contribution in [3.05, 3.63) is 30.1 Å². The number of hydrogen-bond acceptors (Lipinski definition) is 2. The van der Waals surface area contributed by atoms with Gasteiger partial charge in [0.15, 0.2) is 0 Å². The van der Waals surface area contributed by atoms with Crippen LogP contribution in [0.1, 0.15) is 51.3 Å². The number of carboxylic acid groups (broad SMARTS) is 1.